The van der Waals surface area contributed by atoms with Crippen LogP contribution in [0.1, 0.15) is 0 Å². The first kappa shape index (κ1) is 10.9. The van der Waals surface area contributed by atoms with Gasteiger partial charge in [-0.3, -0.25) is 4.79 Å². The van der Waals surface area contributed by atoms with Gasteiger partial charge in [0.2, 0.25) is 0 Å². The number of nitrogens with two attached hydrogens (primary N) is 1. The van der Waals surface area contributed by atoms with Crippen LogP contribution < -0.4 is 11.2 Å². The summed E-state index contributed by atoms with van der Waals surface area (Å²) >= 11 is 0. The van der Waals surface area contributed by atoms with E-state index in [0.29, 0.717) is 11.9 Å². The van der Waals surface area contributed by atoms with Crippen LogP contribution in [0.2, 0.25) is 0 Å². The van der Waals surface area contributed by atoms with Crippen LogP contribution >= 0.6 is 0 Å². The smallest absolute Gasteiger partial charge is 0.189 e. The Morgan fingerprint density at radius 2 is 2.06 bits per heavy atom. The highest BCUT2D eigenvalue weighted by Crippen LogP contribution is 2.09. The third kappa shape index (κ3) is 1.98. The number of aliphatic hydroxyl groups is 1. The molecule has 0 saturated heterocycles. The number of pyridine rings is 1. The number of aromatic nitrogens is 1. The Morgan fingerprint density at radius 1 is 1.31 bits per heavy atom. The van der Waals surface area contributed by atoms with Gasteiger partial charge < -0.3 is 15.4 Å². The number of fused-ring (bicyclic) bond motifs is 1. The molecule has 1 unspecified atom stereocenters. The zero-order valence-corrected chi connectivity index (χ0v) is 8.84. The quantitative estimate of drug-likeness (QED) is 0.779. The van der Waals surface area contributed by atoms with Crippen LogP contribution in [0.5, 0.6) is 0 Å². The molecule has 2 aromatic rings. The fourth-order valence-corrected chi connectivity index (χ4v) is 1.72. The lowest BCUT2D eigenvalue weighted by Crippen LogP contribution is -2.25. The van der Waals surface area contributed by atoms with Crippen molar-refractivity contribution in [3.63, 3.8) is 0 Å². The molecule has 0 radical (unpaired) electrons. The van der Waals surface area contributed by atoms with E-state index in [4.69, 9.17) is 5.73 Å². The molecule has 0 fully saturated rings. The molecule has 4 heteroatoms. The number of hydrogen-bond donors (Lipinski definition) is 2. The van der Waals surface area contributed by atoms with E-state index in [1.165, 1.54) is 6.07 Å². The number of hydrogen-bond acceptors (Lipinski definition) is 3. The van der Waals surface area contributed by atoms with Crippen molar-refractivity contribution in [3.05, 3.63) is 46.8 Å². The van der Waals surface area contributed by atoms with Crippen molar-refractivity contribution in [2.24, 2.45) is 5.73 Å². The van der Waals surface area contributed by atoms with Gasteiger partial charge in [-0.25, -0.2) is 0 Å². The van der Waals surface area contributed by atoms with E-state index >= 15 is 0 Å². The lowest BCUT2D eigenvalue weighted by molar-refractivity contribution is 0.163. The molecule has 1 heterocycles. The lowest BCUT2D eigenvalue weighted by Gasteiger charge is -2.13. The fraction of sp³-hybridized carbons (Fsp3) is 0.250. The van der Waals surface area contributed by atoms with Gasteiger partial charge in [0.1, 0.15) is 0 Å². The van der Waals surface area contributed by atoms with Crippen LogP contribution in [-0.4, -0.2) is 22.3 Å². The molecule has 0 amide bonds. The van der Waals surface area contributed by atoms with E-state index in [1.807, 2.05) is 22.8 Å². The lowest BCUT2D eigenvalue weighted by atomic mass is 10.2. The number of rotatable bonds is 3. The summed E-state index contributed by atoms with van der Waals surface area (Å²) in [7, 11) is 0. The summed E-state index contributed by atoms with van der Waals surface area (Å²) in [6.07, 6.45) is 1.09. The Bertz CT molecular complexity index is 548. The molecule has 84 valence electrons. The van der Waals surface area contributed by atoms with Crippen molar-refractivity contribution in [2.75, 3.05) is 6.54 Å². The van der Waals surface area contributed by atoms with Gasteiger partial charge in [-0.05, 0) is 12.1 Å². The molecule has 16 heavy (non-hydrogen) atoms. The van der Waals surface area contributed by atoms with Crippen LogP contribution in [0.15, 0.2) is 41.3 Å². The zero-order valence-electron chi connectivity index (χ0n) is 8.84. The van der Waals surface area contributed by atoms with E-state index in [2.05, 4.69) is 0 Å². The fourth-order valence-electron chi connectivity index (χ4n) is 1.72. The molecule has 0 aliphatic rings. The second-order valence-corrected chi connectivity index (χ2v) is 3.74. The Kier molecular flexibility index (Phi) is 3.03. The largest absolute Gasteiger partial charge is 0.390 e. The molecule has 4 nitrogen and oxygen atoms in total. The summed E-state index contributed by atoms with van der Waals surface area (Å²) in [5, 5.41) is 10.2. The van der Waals surface area contributed by atoms with Gasteiger partial charge in [0.15, 0.2) is 5.43 Å². The first-order valence-corrected chi connectivity index (χ1v) is 5.18. The minimum atomic E-state index is -0.592. The molecular weight excluding hydrogens is 204 g/mol. The molecule has 0 aliphatic carbocycles. The third-order valence-electron chi connectivity index (χ3n) is 2.56. The summed E-state index contributed by atoms with van der Waals surface area (Å²) in [6.45, 7) is 0.609. The highest BCUT2D eigenvalue weighted by Gasteiger charge is 2.05. The Labute approximate surface area is 92.9 Å². The molecule has 0 bridgehead atoms. The minimum Gasteiger partial charge on any atom is -0.390 e. The van der Waals surface area contributed by atoms with Crippen LogP contribution in [0.25, 0.3) is 10.9 Å². The molecular formula is C12H14N2O2. The van der Waals surface area contributed by atoms with Gasteiger partial charge in [-0.1, -0.05) is 12.1 Å². The maximum absolute atomic E-state index is 11.6. The Hall–Kier alpha value is -1.65. The first-order valence-electron chi connectivity index (χ1n) is 5.18. The highest BCUT2D eigenvalue weighted by molar-refractivity contribution is 5.78. The van der Waals surface area contributed by atoms with Crippen molar-refractivity contribution in [1.29, 1.82) is 0 Å². The van der Waals surface area contributed by atoms with Crippen LogP contribution in [0.3, 0.4) is 0 Å². The summed E-state index contributed by atoms with van der Waals surface area (Å²) < 4.78 is 1.84. The Balaban J connectivity index is 2.54. The van der Waals surface area contributed by atoms with E-state index in [9.17, 15) is 9.90 Å². The molecule has 2 rings (SSSR count). The van der Waals surface area contributed by atoms with Crippen molar-refractivity contribution < 1.29 is 5.11 Å². The average molecular weight is 218 g/mol. The number of benzene rings is 1. The van der Waals surface area contributed by atoms with Gasteiger partial charge in [0.25, 0.3) is 0 Å². The van der Waals surface area contributed by atoms with Crippen LogP contribution in [0.4, 0.5) is 0 Å². The van der Waals surface area contributed by atoms with Crippen LogP contribution in [-0.2, 0) is 6.54 Å². The molecule has 0 spiro atoms. The molecule has 1 atom stereocenters. The van der Waals surface area contributed by atoms with Crippen molar-refractivity contribution in [3.8, 4) is 0 Å². The highest BCUT2D eigenvalue weighted by atomic mass is 16.3. The topological polar surface area (TPSA) is 68.2 Å². The van der Waals surface area contributed by atoms with Gasteiger partial charge in [0, 0.05) is 30.7 Å². The second kappa shape index (κ2) is 4.47. The predicted octanol–water partition coefficient (Wildman–Crippen LogP) is 0.321. The second-order valence-electron chi connectivity index (χ2n) is 3.74. The van der Waals surface area contributed by atoms with Crippen molar-refractivity contribution >= 4 is 10.9 Å². The third-order valence-corrected chi connectivity index (χ3v) is 2.56. The molecule has 3 N–H and O–H groups in total. The SMILES string of the molecule is NCC(O)Cn1ccc(=O)c2ccccc21. The van der Waals surface area contributed by atoms with Gasteiger partial charge in [0.05, 0.1) is 11.6 Å². The predicted molar refractivity (Wildman–Crippen MR) is 63.3 cm³/mol. The van der Waals surface area contributed by atoms with E-state index in [-0.39, 0.29) is 12.0 Å². The first-order chi connectivity index (χ1) is 7.72. The Morgan fingerprint density at radius 3 is 2.81 bits per heavy atom. The van der Waals surface area contributed by atoms with Crippen molar-refractivity contribution in [1.82, 2.24) is 4.57 Å². The maximum Gasteiger partial charge on any atom is 0.189 e. The summed E-state index contributed by atoms with van der Waals surface area (Å²) in [5.41, 5.74) is 6.19. The van der Waals surface area contributed by atoms with E-state index in [1.54, 1.807) is 12.3 Å². The average Bonchev–Trinajstić information content (AvgIpc) is 2.33. The number of para-hydroxylation sites is 1. The number of aliphatic hydroxyl groups excluding tert-OH is 1. The number of nitrogens with zero attached hydrogens (tertiary/aromatic N) is 1. The molecule has 0 saturated carbocycles. The summed E-state index contributed by atoms with van der Waals surface area (Å²) in [4.78, 5) is 11.6. The molecule has 1 aromatic carbocycles. The normalized spacial score (nSPS) is 12.9. The zero-order chi connectivity index (χ0) is 11.5. The van der Waals surface area contributed by atoms with Gasteiger partial charge in [-0.2, -0.15) is 0 Å². The maximum atomic E-state index is 11.6. The molecule has 1 aromatic heterocycles. The van der Waals surface area contributed by atoms with E-state index in [0.717, 1.165) is 5.52 Å². The van der Waals surface area contributed by atoms with Crippen molar-refractivity contribution in [2.45, 2.75) is 12.6 Å². The van der Waals surface area contributed by atoms with Gasteiger partial charge >= 0.3 is 0 Å². The van der Waals surface area contributed by atoms with Gasteiger partial charge in [-0.15, -0.1) is 0 Å². The van der Waals surface area contributed by atoms with E-state index < -0.39 is 6.10 Å². The summed E-state index contributed by atoms with van der Waals surface area (Å²) in [5.74, 6) is 0. The summed E-state index contributed by atoms with van der Waals surface area (Å²) in [6, 6.07) is 8.84. The minimum absolute atomic E-state index is 0.00547. The monoisotopic (exact) mass is 218 g/mol. The molecule has 0 aliphatic heterocycles. The standard InChI is InChI=1S/C12H14N2O2/c13-7-9(15)8-14-6-5-12(16)10-3-1-2-4-11(10)14/h1-6,9,15H,7-8,13H2. The van der Waals surface area contributed by atoms with Crippen LogP contribution in [0, 0.1) is 0 Å².